The maximum Gasteiger partial charge on any atom is 0.407 e. The standard InChI is InChI=1S/C28H36N4O7S2/c1-17(2)15-32(41(35,36)21-8-9-23-25(13-21)40-27(29)31-23)19-5-3-4-18(12-19)6-7-20(33)14-30-28(34)39-24-16-38-26-22(24)10-11-37-26/h3-5,8-9,12-13,17,20,22,24,26,33H,6-7,10-11,14-16H2,1-2H3,(H2,29,31)(H,30,34). The molecule has 13 heteroatoms. The number of sulfonamides is 1. The number of nitrogens with one attached hydrogen (secondary N) is 1. The lowest BCUT2D eigenvalue weighted by atomic mass is 10.0. The van der Waals surface area contributed by atoms with Crippen molar-refractivity contribution < 1.29 is 32.5 Å². The molecule has 0 radical (unpaired) electrons. The normalized spacial score (nSPS) is 21.2. The van der Waals surface area contributed by atoms with Crippen LogP contribution in [0.5, 0.6) is 0 Å². The van der Waals surface area contributed by atoms with Crippen LogP contribution in [0.3, 0.4) is 0 Å². The predicted molar refractivity (Wildman–Crippen MR) is 156 cm³/mol. The van der Waals surface area contributed by atoms with Gasteiger partial charge in [0.1, 0.15) is 6.10 Å². The highest BCUT2D eigenvalue weighted by molar-refractivity contribution is 7.92. The van der Waals surface area contributed by atoms with Crippen molar-refractivity contribution >= 4 is 48.5 Å². The average molecular weight is 605 g/mol. The second kappa shape index (κ2) is 12.5. The molecule has 2 aromatic carbocycles. The minimum absolute atomic E-state index is 0.0368. The minimum Gasteiger partial charge on any atom is -0.443 e. The van der Waals surface area contributed by atoms with Gasteiger partial charge in [0, 0.05) is 13.1 Å². The van der Waals surface area contributed by atoms with Crippen molar-refractivity contribution in [2.24, 2.45) is 11.8 Å². The summed E-state index contributed by atoms with van der Waals surface area (Å²) in [6, 6.07) is 12.2. The summed E-state index contributed by atoms with van der Waals surface area (Å²) in [5.41, 5.74) is 7.89. The summed E-state index contributed by atoms with van der Waals surface area (Å²) >= 11 is 1.25. The van der Waals surface area contributed by atoms with Crippen molar-refractivity contribution in [3.8, 4) is 0 Å². The Labute approximate surface area is 243 Å². The van der Waals surface area contributed by atoms with E-state index in [1.54, 1.807) is 24.3 Å². The van der Waals surface area contributed by atoms with Gasteiger partial charge >= 0.3 is 6.09 Å². The first-order valence-electron chi connectivity index (χ1n) is 13.7. The first-order valence-corrected chi connectivity index (χ1v) is 16.0. The lowest BCUT2D eigenvalue weighted by Gasteiger charge is -2.27. The van der Waals surface area contributed by atoms with Crippen LogP contribution in [0.4, 0.5) is 15.6 Å². The maximum atomic E-state index is 13.8. The Morgan fingerprint density at radius 3 is 2.90 bits per heavy atom. The molecule has 222 valence electrons. The molecule has 0 spiro atoms. The van der Waals surface area contributed by atoms with Crippen LogP contribution in [0.15, 0.2) is 47.4 Å². The molecule has 3 aromatic rings. The van der Waals surface area contributed by atoms with Gasteiger partial charge in [-0.25, -0.2) is 18.2 Å². The molecule has 1 aromatic heterocycles. The number of nitrogens with zero attached hydrogens (tertiary/aromatic N) is 2. The molecular weight excluding hydrogens is 568 g/mol. The summed E-state index contributed by atoms with van der Waals surface area (Å²) in [5.74, 6) is 0.123. The largest absolute Gasteiger partial charge is 0.443 e. The Bertz CT molecular complexity index is 1480. The van der Waals surface area contributed by atoms with E-state index >= 15 is 0 Å². The smallest absolute Gasteiger partial charge is 0.407 e. The first kappa shape index (κ1) is 29.5. The SMILES string of the molecule is CC(C)CN(c1cccc(CCC(O)CNC(=O)OC2COC3OCCC23)c1)S(=O)(=O)c1ccc2nc(N)sc2c1. The van der Waals surface area contributed by atoms with Gasteiger partial charge in [-0.15, -0.1) is 0 Å². The summed E-state index contributed by atoms with van der Waals surface area (Å²) in [7, 11) is -3.87. The highest BCUT2D eigenvalue weighted by Gasteiger charge is 2.43. The number of ether oxygens (including phenoxy) is 3. The Hall–Kier alpha value is -2.97. The molecule has 41 heavy (non-hydrogen) atoms. The third kappa shape index (κ3) is 6.92. The third-order valence-corrected chi connectivity index (χ3v) is 9.82. The molecule has 3 heterocycles. The van der Waals surface area contributed by atoms with Crippen molar-refractivity contribution in [2.45, 2.75) is 56.5 Å². The minimum atomic E-state index is -3.87. The van der Waals surface area contributed by atoms with E-state index in [0.717, 1.165) is 12.0 Å². The number of aromatic nitrogens is 1. The van der Waals surface area contributed by atoms with Crippen molar-refractivity contribution in [3.05, 3.63) is 48.0 Å². The number of hydrogen-bond donors (Lipinski definition) is 3. The van der Waals surface area contributed by atoms with E-state index in [1.807, 2.05) is 32.0 Å². The summed E-state index contributed by atoms with van der Waals surface area (Å²) in [4.78, 5) is 16.6. The average Bonchev–Trinajstić information content (AvgIpc) is 3.65. The number of carbonyl (C=O) groups is 1. The Morgan fingerprint density at radius 1 is 1.27 bits per heavy atom. The summed E-state index contributed by atoms with van der Waals surface area (Å²) in [6.45, 7) is 5.16. The number of aliphatic hydroxyl groups excluding tert-OH is 1. The zero-order valence-electron chi connectivity index (χ0n) is 23.1. The number of anilines is 2. The maximum absolute atomic E-state index is 13.8. The molecule has 5 rings (SSSR count). The number of thiazole rings is 1. The van der Waals surface area contributed by atoms with Crippen LogP contribution in [0.25, 0.3) is 10.2 Å². The first-order chi connectivity index (χ1) is 19.6. The van der Waals surface area contributed by atoms with Crippen LogP contribution in [-0.4, -0.2) is 69.4 Å². The van der Waals surface area contributed by atoms with Gasteiger partial charge in [0.15, 0.2) is 11.4 Å². The van der Waals surface area contributed by atoms with Crippen LogP contribution < -0.4 is 15.4 Å². The molecule has 2 fully saturated rings. The van der Waals surface area contributed by atoms with Gasteiger partial charge in [0.25, 0.3) is 10.0 Å². The van der Waals surface area contributed by atoms with Gasteiger partial charge in [0.05, 0.1) is 46.0 Å². The van der Waals surface area contributed by atoms with Gasteiger partial charge in [0.2, 0.25) is 0 Å². The number of benzene rings is 2. The van der Waals surface area contributed by atoms with Gasteiger partial charge in [-0.3, -0.25) is 4.31 Å². The number of nitrogen functional groups attached to an aromatic ring is 1. The van der Waals surface area contributed by atoms with Gasteiger partial charge in [-0.1, -0.05) is 37.3 Å². The van der Waals surface area contributed by atoms with Crippen LogP contribution >= 0.6 is 11.3 Å². The zero-order chi connectivity index (χ0) is 29.1. The van der Waals surface area contributed by atoms with Crippen molar-refractivity contribution in [1.82, 2.24) is 10.3 Å². The van der Waals surface area contributed by atoms with Crippen molar-refractivity contribution in [2.75, 3.05) is 36.3 Å². The molecular formula is C28H36N4O7S2. The van der Waals surface area contributed by atoms with Crippen LogP contribution in [0, 0.1) is 11.8 Å². The highest BCUT2D eigenvalue weighted by atomic mass is 32.2. The number of nitrogens with two attached hydrogens (primary N) is 1. The zero-order valence-corrected chi connectivity index (χ0v) is 24.7. The molecule has 0 saturated carbocycles. The Kier molecular flexibility index (Phi) is 9.00. The van der Waals surface area contributed by atoms with E-state index in [-0.39, 0.29) is 35.7 Å². The number of hydrogen-bond acceptors (Lipinski definition) is 10. The lowest BCUT2D eigenvalue weighted by Crippen LogP contribution is -2.37. The van der Waals surface area contributed by atoms with E-state index in [4.69, 9.17) is 19.9 Å². The molecule has 4 atom stereocenters. The quantitative estimate of drug-likeness (QED) is 0.298. The fraction of sp³-hybridized carbons (Fsp3) is 0.500. The van der Waals surface area contributed by atoms with Crippen LogP contribution in [-0.2, 0) is 30.7 Å². The number of rotatable bonds is 11. The van der Waals surface area contributed by atoms with Gasteiger partial charge in [-0.05, 0) is 61.1 Å². The molecule has 4 unspecified atom stereocenters. The number of aliphatic hydroxyl groups is 1. The molecule has 0 aliphatic carbocycles. The number of aryl methyl sites for hydroxylation is 1. The fourth-order valence-corrected chi connectivity index (χ4v) is 7.61. The number of carbonyl (C=O) groups excluding carboxylic acids is 1. The third-order valence-electron chi connectivity index (χ3n) is 7.19. The topological polar surface area (TPSA) is 153 Å². The molecule has 11 nitrogen and oxygen atoms in total. The summed E-state index contributed by atoms with van der Waals surface area (Å²) in [6.07, 6.45) is -0.406. The van der Waals surface area contributed by atoms with Crippen LogP contribution in [0.2, 0.25) is 0 Å². The summed E-state index contributed by atoms with van der Waals surface area (Å²) < 4.78 is 46.1. The van der Waals surface area contributed by atoms with Gasteiger partial charge in [-0.2, -0.15) is 0 Å². The second-order valence-corrected chi connectivity index (χ2v) is 13.7. The Balaban J connectivity index is 1.20. The molecule has 0 bridgehead atoms. The summed E-state index contributed by atoms with van der Waals surface area (Å²) in [5, 5.41) is 13.5. The van der Waals surface area contributed by atoms with E-state index in [0.29, 0.717) is 53.6 Å². The van der Waals surface area contributed by atoms with Crippen molar-refractivity contribution in [3.63, 3.8) is 0 Å². The van der Waals surface area contributed by atoms with E-state index in [1.165, 1.54) is 15.6 Å². The molecule has 2 aliphatic heterocycles. The van der Waals surface area contributed by atoms with E-state index in [9.17, 15) is 18.3 Å². The fourth-order valence-electron chi connectivity index (χ4n) is 5.11. The number of alkyl carbamates (subject to hydrolysis) is 1. The van der Waals surface area contributed by atoms with Crippen LogP contribution in [0.1, 0.15) is 32.3 Å². The predicted octanol–water partition coefficient (Wildman–Crippen LogP) is 3.51. The molecule has 2 saturated heterocycles. The lowest BCUT2D eigenvalue weighted by molar-refractivity contribution is -0.0907. The number of amides is 1. The monoisotopic (exact) mass is 604 g/mol. The second-order valence-electron chi connectivity index (χ2n) is 10.8. The highest BCUT2D eigenvalue weighted by Crippen LogP contribution is 2.33. The number of fused-ring (bicyclic) bond motifs is 2. The Morgan fingerprint density at radius 2 is 2.10 bits per heavy atom. The molecule has 1 amide bonds. The van der Waals surface area contributed by atoms with E-state index < -0.39 is 22.2 Å². The van der Waals surface area contributed by atoms with E-state index in [2.05, 4.69) is 10.3 Å². The van der Waals surface area contributed by atoms with Crippen molar-refractivity contribution in [1.29, 1.82) is 0 Å². The van der Waals surface area contributed by atoms with Gasteiger partial charge < -0.3 is 30.4 Å². The molecule has 2 aliphatic rings. The molecule has 4 N–H and O–H groups in total.